The fourth-order valence-electron chi connectivity index (χ4n) is 1.46. The molecule has 86 valence electrons. The molecule has 1 heterocycles. The van der Waals surface area contributed by atoms with Crippen molar-refractivity contribution in [2.24, 2.45) is 0 Å². The van der Waals surface area contributed by atoms with Crippen LogP contribution in [-0.2, 0) is 0 Å². The molecule has 17 heavy (non-hydrogen) atoms. The van der Waals surface area contributed by atoms with Crippen LogP contribution in [0, 0.1) is 6.92 Å². The van der Waals surface area contributed by atoms with Crippen LogP contribution in [0.15, 0.2) is 42.7 Å². The SMILES string of the molecule is Cc1cc(Cl)ccc1NC(=O)c1cccnc1. The van der Waals surface area contributed by atoms with Crippen molar-refractivity contribution in [3.8, 4) is 0 Å². The van der Waals surface area contributed by atoms with Crippen LogP contribution < -0.4 is 5.32 Å². The number of amides is 1. The summed E-state index contributed by atoms with van der Waals surface area (Å²) in [5, 5.41) is 3.47. The molecule has 1 aromatic carbocycles. The molecule has 0 unspecified atom stereocenters. The molecular weight excluding hydrogens is 236 g/mol. The minimum Gasteiger partial charge on any atom is -0.322 e. The molecule has 0 fully saturated rings. The van der Waals surface area contributed by atoms with Gasteiger partial charge in [0, 0.05) is 23.1 Å². The molecule has 0 bridgehead atoms. The van der Waals surface area contributed by atoms with E-state index in [1.165, 1.54) is 6.20 Å². The van der Waals surface area contributed by atoms with E-state index < -0.39 is 0 Å². The van der Waals surface area contributed by atoms with E-state index in [0.29, 0.717) is 10.6 Å². The molecule has 0 aliphatic rings. The Morgan fingerprint density at radius 2 is 2.18 bits per heavy atom. The first-order valence-electron chi connectivity index (χ1n) is 5.14. The van der Waals surface area contributed by atoms with E-state index in [0.717, 1.165) is 11.3 Å². The minimum absolute atomic E-state index is 0.177. The van der Waals surface area contributed by atoms with Gasteiger partial charge in [-0.05, 0) is 42.8 Å². The van der Waals surface area contributed by atoms with Crippen molar-refractivity contribution in [3.05, 3.63) is 58.9 Å². The van der Waals surface area contributed by atoms with Crippen LogP contribution in [0.5, 0.6) is 0 Å². The van der Waals surface area contributed by atoms with Crippen molar-refractivity contribution < 1.29 is 4.79 Å². The fourth-order valence-corrected chi connectivity index (χ4v) is 1.69. The highest BCUT2D eigenvalue weighted by Crippen LogP contribution is 2.20. The van der Waals surface area contributed by atoms with E-state index in [1.54, 1.807) is 36.5 Å². The number of benzene rings is 1. The Kier molecular flexibility index (Phi) is 3.40. The molecular formula is C13H11ClN2O. The largest absolute Gasteiger partial charge is 0.322 e. The number of hydrogen-bond donors (Lipinski definition) is 1. The molecule has 0 radical (unpaired) electrons. The zero-order chi connectivity index (χ0) is 12.3. The normalized spacial score (nSPS) is 10.0. The first kappa shape index (κ1) is 11.6. The van der Waals surface area contributed by atoms with Gasteiger partial charge in [-0.25, -0.2) is 0 Å². The maximum absolute atomic E-state index is 11.9. The number of halogens is 1. The second-order valence-corrected chi connectivity index (χ2v) is 4.09. The van der Waals surface area contributed by atoms with E-state index in [1.807, 2.05) is 6.92 Å². The van der Waals surface area contributed by atoms with Crippen LogP contribution >= 0.6 is 11.6 Å². The van der Waals surface area contributed by atoms with Crippen molar-refractivity contribution in [2.45, 2.75) is 6.92 Å². The van der Waals surface area contributed by atoms with Gasteiger partial charge in [0.05, 0.1) is 5.56 Å². The van der Waals surface area contributed by atoms with E-state index in [2.05, 4.69) is 10.3 Å². The predicted molar refractivity (Wildman–Crippen MR) is 68.4 cm³/mol. The molecule has 0 spiro atoms. The lowest BCUT2D eigenvalue weighted by Gasteiger charge is -2.08. The second kappa shape index (κ2) is 4.97. The Bertz CT molecular complexity index is 540. The monoisotopic (exact) mass is 246 g/mol. The van der Waals surface area contributed by atoms with E-state index in [9.17, 15) is 4.79 Å². The number of carbonyl (C=O) groups excluding carboxylic acids is 1. The average Bonchev–Trinajstić information content (AvgIpc) is 2.34. The summed E-state index contributed by atoms with van der Waals surface area (Å²) in [5.41, 5.74) is 2.21. The van der Waals surface area contributed by atoms with Gasteiger partial charge in [0.25, 0.3) is 5.91 Å². The predicted octanol–water partition coefficient (Wildman–Crippen LogP) is 3.30. The Morgan fingerprint density at radius 3 is 2.82 bits per heavy atom. The summed E-state index contributed by atoms with van der Waals surface area (Å²) in [6.45, 7) is 1.89. The highest BCUT2D eigenvalue weighted by Gasteiger charge is 2.07. The topological polar surface area (TPSA) is 42.0 Å². The maximum Gasteiger partial charge on any atom is 0.257 e. The van der Waals surface area contributed by atoms with Gasteiger partial charge in [-0.2, -0.15) is 0 Å². The van der Waals surface area contributed by atoms with Gasteiger partial charge in [-0.1, -0.05) is 11.6 Å². The summed E-state index contributed by atoms with van der Waals surface area (Å²) in [5.74, 6) is -0.177. The van der Waals surface area contributed by atoms with Gasteiger partial charge in [0.15, 0.2) is 0 Å². The molecule has 0 aliphatic carbocycles. The quantitative estimate of drug-likeness (QED) is 0.884. The standard InChI is InChI=1S/C13H11ClN2O/c1-9-7-11(14)4-5-12(9)16-13(17)10-3-2-6-15-8-10/h2-8H,1H3,(H,16,17). The smallest absolute Gasteiger partial charge is 0.257 e. The van der Waals surface area contributed by atoms with Gasteiger partial charge in [-0.15, -0.1) is 0 Å². The lowest BCUT2D eigenvalue weighted by atomic mass is 10.2. The van der Waals surface area contributed by atoms with E-state index in [4.69, 9.17) is 11.6 Å². The van der Waals surface area contributed by atoms with Crippen molar-refractivity contribution in [2.75, 3.05) is 5.32 Å². The molecule has 0 atom stereocenters. The van der Waals surface area contributed by atoms with E-state index >= 15 is 0 Å². The number of hydrogen-bond acceptors (Lipinski definition) is 2. The van der Waals surface area contributed by atoms with Crippen LogP contribution in [0.25, 0.3) is 0 Å². The van der Waals surface area contributed by atoms with Gasteiger partial charge in [0.2, 0.25) is 0 Å². The molecule has 1 aromatic heterocycles. The average molecular weight is 247 g/mol. The number of anilines is 1. The van der Waals surface area contributed by atoms with Crippen LogP contribution in [-0.4, -0.2) is 10.9 Å². The lowest BCUT2D eigenvalue weighted by molar-refractivity contribution is 0.102. The maximum atomic E-state index is 11.9. The number of rotatable bonds is 2. The van der Waals surface area contributed by atoms with Crippen molar-refractivity contribution in [1.82, 2.24) is 4.98 Å². The number of aryl methyl sites for hydroxylation is 1. The van der Waals surface area contributed by atoms with Crippen LogP contribution in [0.4, 0.5) is 5.69 Å². The summed E-state index contributed by atoms with van der Waals surface area (Å²) in [6, 6.07) is 8.77. The first-order chi connectivity index (χ1) is 8.16. The molecule has 1 N–H and O–H groups in total. The molecule has 4 heteroatoms. The number of nitrogens with one attached hydrogen (secondary N) is 1. The van der Waals surface area contributed by atoms with E-state index in [-0.39, 0.29) is 5.91 Å². The number of carbonyl (C=O) groups is 1. The first-order valence-corrected chi connectivity index (χ1v) is 5.52. The summed E-state index contributed by atoms with van der Waals surface area (Å²) in [4.78, 5) is 15.8. The van der Waals surface area contributed by atoms with Crippen LogP contribution in [0.3, 0.4) is 0 Å². The zero-order valence-electron chi connectivity index (χ0n) is 9.27. The van der Waals surface area contributed by atoms with Crippen LogP contribution in [0.1, 0.15) is 15.9 Å². The van der Waals surface area contributed by atoms with Gasteiger partial charge < -0.3 is 5.32 Å². The highest BCUT2D eigenvalue weighted by atomic mass is 35.5. The molecule has 1 amide bonds. The summed E-state index contributed by atoms with van der Waals surface area (Å²) in [6.07, 6.45) is 3.16. The minimum atomic E-state index is -0.177. The zero-order valence-corrected chi connectivity index (χ0v) is 10.0. The number of pyridine rings is 1. The summed E-state index contributed by atoms with van der Waals surface area (Å²) in [7, 11) is 0. The third kappa shape index (κ3) is 2.82. The molecule has 0 saturated heterocycles. The lowest BCUT2D eigenvalue weighted by Crippen LogP contribution is -2.12. The molecule has 2 aromatic rings. The molecule has 3 nitrogen and oxygen atoms in total. The number of nitrogens with zero attached hydrogens (tertiary/aromatic N) is 1. The van der Waals surface area contributed by atoms with Crippen LogP contribution in [0.2, 0.25) is 5.02 Å². The van der Waals surface area contributed by atoms with Gasteiger partial charge in [-0.3, -0.25) is 9.78 Å². The Labute approximate surface area is 104 Å². The summed E-state index contributed by atoms with van der Waals surface area (Å²) < 4.78 is 0. The third-order valence-corrected chi connectivity index (χ3v) is 2.60. The Balaban J connectivity index is 2.19. The Morgan fingerprint density at radius 1 is 1.35 bits per heavy atom. The Hall–Kier alpha value is -1.87. The van der Waals surface area contributed by atoms with Crippen molar-refractivity contribution in [1.29, 1.82) is 0 Å². The van der Waals surface area contributed by atoms with Gasteiger partial charge >= 0.3 is 0 Å². The summed E-state index contributed by atoms with van der Waals surface area (Å²) >= 11 is 5.85. The molecule has 0 saturated carbocycles. The van der Waals surface area contributed by atoms with Crippen molar-refractivity contribution >= 4 is 23.2 Å². The number of aromatic nitrogens is 1. The van der Waals surface area contributed by atoms with Gasteiger partial charge in [0.1, 0.15) is 0 Å². The van der Waals surface area contributed by atoms with Crippen molar-refractivity contribution in [3.63, 3.8) is 0 Å². The molecule has 2 rings (SSSR count). The third-order valence-electron chi connectivity index (χ3n) is 2.36. The fraction of sp³-hybridized carbons (Fsp3) is 0.0769. The highest BCUT2D eigenvalue weighted by molar-refractivity contribution is 6.30. The molecule has 0 aliphatic heterocycles. The second-order valence-electron chi connectivity index (χ2n) is 3.66.